The maximum Gasteiger partial charge on any atom is 0.124 e. The maximum atomic E-state index is 10.2. The van der Waals surface area contributed by atoms with E-state index in [2.05, 4.69) is 37.2 Å². The Bertz CT molecular complexity index is 683. The Hall–Kier alpha value is -2.31. The summed E-state index contributed by atoms with van der Waals surface area (Å²) in [5, 5.41) is 10.2. The molecule has 2 aromatic rings. The fourth-order valence-corrected chi connectivity index (χ4v) is 3.41. The summed E-state index contributed by atoms with van der Waals surface area (Å²) in [6.07, 6.45) is 1.75. The smallest absolute Gasteiger partial charge is 0.124 e. The summed E-state index contributed by atoms with van der Waals surface area (Å²) in [5.74, 6) is 0.829. The van der Waals surface area contributed by atoms with E-state index in [4.69, 9.17) is 4.74 Å². The molecule has 3 rings (SSSR count). The molecule has 0 aromatic heterocycles. The monoisotopic (exact) mass is 306 g/mol. The van der Waals surface area contributed by atoms with Gasteiger partial charge in [0.2, 0.25) is 0 Å². The highest BCUT2D eigenvalue weighted by atomic mass is 16.5. The zero-order chi connectivity index (χ0) is 16.3. The number of nitrogens with zero attached hydrogens (tertiary/aromatic N) is 2. The Kier molecular flexibility index (Phi) is 4.36. The molecule has 0 N–H and O–H groups in total. The van der Waals surface area contributed by atoms with Gasteiger partial charge in [-0.05, 0) is 50.7 Å². The minimum Gasteiger partial charge on any atom is -0.489 e. The molecule has 0 spiro atoms. The molecule has 3 nitrogen and oxygen atoms in total. The van der Waals surface area contributed by atoms with Crippen molar-refractivity contribution in [3.8, 4) is 11.8 Å². The number of rotatable bonds is 4. The van der Waals surface area contributed by atoms with Crippen LogP contribution in [0.15, 0.2) is 48.5 Å². The van der Waals surface area contributed by atoms with E-state index >= 15 is 0 Å². The third kappa shape index (κ3) is 2.83. The molecule has 0 saturated heterocycles. The highest BCUT2D eigenvalue weighted by molar-refractivity contribution is 5.55. The van der Waals surface area contributed by atoms with Gasteiger partial charge in [-0.25, -0.2) is 0 Å². The first kappa shape index (κ1) is 15.6. The summed E-state index contributed by atoms with van der Waals surface area (Å²) in [6, 6.07) is 18.8. The first-order valence-corrected chi connectivity index (χ1v) is 8.04. The summed E-state index contributed by atoms with van der Waals surface area (Å²) in [7, 11) is 4.13. The van der Waals surface area contributed by atoms with Gasteiger partial charge in [-0.2, -0.15) is 5.26 Å². The second kappa shape index (κ2) is 6.44. The van der Waals surface area contributed by atoms with Crippen molar-refractivity contribution in [3.63, 3.8) is 0 Å². The van der Waals surface area contributed by atoms with Gasteiger partial charge in [-0.15, -0.1) is 0 Å². The van der Waals surface area contributed by atoms with E-state index in [-0.39, 0.29) is 0 Å². The first-order chi connectivity index (χ1) is 11.2. The zero-order valence-corrected chi connectivity index (χ0v) is 13.7. The average Bonchev–Trinajstić information content (AvgIpc) is 2.71. The van der Waals surface area contributed by atoms with Crippen LogP contribution in [-0.4, -0.2) is 25.5 Å². The minimum atomic E-state index is -0.639. The standard InChI is InChI=1S/C20H22N2O/c1-22(2)13-7-12-20(15-21)17-9-4-3-8-16(17)14-23-19-11-6-5-10-18(19)20/h3-6,8-11H,7,12-14H2,1-2H3. The molecule has 118 valence electrons. The predicted octanol–water partition coefficient (Wildman–Crippen LogP) is 3.73. The lowest BCUT2D eigenvalue weighted by Gasteiger charge is -2.29. The second-order valence-corrected chi connectivity index (χ2v) is 6.37. The predicted molar refractivity (Wildman–Crippen MR) is 91.4 cm³/mol. The second-order valence-electron chi connectivity index (χ2n) is 6.37. The van der Waals surface area contributed by atoms with Crippen molar-refractivity contribution in [2.24, 2.45) is 0 Å². The number of fused-ring (bicyclic) bond motifs is 2. The van der Waals surface area contributed by atoms with Crippen molar-refractivity contribution < 1.29 is 4.74 Å². The average molecular weight is 306 g/mol. The lowest BCUT2D eigenvalue weighted by atomic mass is 9.71. The summed E-state index contributed by atoms with van der Waals surface area (Å²) < 4.78 is 6.00. The van der Waals surface area contributed by atoms with Crippen LogP contribution in [0.3, 0.4) is 0 Å². The highest BCUT2D eigenvalue weighted by Gasteiger charge is 2.39. The van der Waals surface area contributed by atoms with E-state index < -0.39 is 5.41 Å². The first-order valence-electron chi connectivity index (χ1n) is 8.04. The van der Waals surface area contributed by atoms with Crippen LogP contribution in [0.1, 0.15) is 29.5 Å². The Morgan fingerprint density at radius 1 is 1.09 bits per heavy atom. The normalized spacial score (nSPS) is 19.2. The van der Waals surface area contributed by atoms with Crippen LogP contribution in [0, 0.1) is 11.3 Å². The summed E-state index contributed by atoms with van der Waals surface area (Å²) in [4.78, 5) is 2.16. The van der Waals surface area contributed by atoms with Crippen LogP contribution in [0.5, 0.6) is 5.75 Å². The van der Waals surface area contributed by atoms with E-state index in [1.807, 2.05) is 36.4 Å². The molecular formula is C20H22N2O. The van der Waals surface area contributed by atoms with Crippen molar-refractivity contribution >= 4 is 0 Å². The van der Waals surface area contributed by atoms with Gasteiger partial charge in [0, 0.05) is 5.56 Å². The quantitative estimate of drug-likeness (QED) is 0.863. The molecule has 1 atom stereocenters. The van der Waals surface area contributed by atoms with Crippen LogP contribution >= 0.6 is 0 Å². The van der Waals surface area contributed by atoms with Crippen LogP contribution in [0.2, 0.25) is 0 Å². The van der Waals surface area contributed by atoms with Crippen molar-refractivity contribution in [1.82, 2.24) is 4.90 Å². The Morgan fingerprint density at radius 3 is 2.52 bits per heavy atom. The van der Waals surface area contributed by atoms with Gasteiger partial charge in [-0.1, -0.05) is 42.5 Å². The van der Waals surface area contributed by atoms with Gasteiger partial charge in [0.15, 0.2) is 0 Å². The maximum absolute atomic E-state index is 10.2. The third-order valence-electron chi connectivity index (χ3n) is 4.56. The Balaban J connectivity index is 2.13. The van der Waals surface area contributed by atoms with Crippen LogP contribution in [-0.2, 0) is 12.0 Å². The lowest BCUT2D eigenvalue weighted by molar-refractivity contribution is 0.306. The van der Waals surface area contributed by atoms with Gasteiger partial charge in [0.05, 0.1) is 6.07 Å². The van der Waals surface area contributed by atoms with Gasteiger partial charge in [-0.3, -0.25) is 0 Å². The molecule has 0 radical (unpaired) electrons. The number of hydrogen-bond donors (Lipinski definition) is 0. The molecule has 1 aliphatic rings. The number of nitriles is 1. The van der Waals surface area contributed by atoms with Gasteiger partial charge >= 0.3 is 0 Å². The molecular weight excluding hydrogens is 284 g/mol. The summed E-state index contributed by atoms with van der Waals surface area (Å²) in [6.45, 7) is 1.49. The SMILES string of the molecule is CN(C)CCCC1(C#N)c2ccccc2COc2ccccc21. The number of para-hydroxylation sites is 1. The van der Waals surface area contributed by atoms with Gasteiger partial charge in [0.1, 0.15) is 17.8 Å². The third-order valence-corrected chi connectivity index (χ3v) is 4.56. The van der Waals surface area contributed by atoms with E-state index in [1.165, 1.54) is 0 Å². The number of hydrogen-bond acceptors (Lipinski definition) is 3. The highest BCUT2D eigenvalue weighted by Crippen LogP contribution is 2.44. The molecule has 1 heterocycles. The Labute approximate surface area is 138 Å². The molecule has 0 amide bonds. The number of ether oxygens (including phenoxy) is 1. The van der Waals surface area contributed by atoms with E-state index in [0.29, 0.717) is 6.61 Å². The molecule has 1 unspecified atom stereocenters. The largest absolute Gasteiger partial charge is 0.489 e. The number of benzene rings is 2. The topological polar surface area (TPSA) is 36.3 Å². The molecule has 3 heteroatoms. The lowest BCUT2D eigenvalue weighted by Crippen LogP contribution is -2.28. The van der Waals surface area contributed by atoms with Crippen molar-refractivity contribution in [2.75, 3.05) is 20.6 Å². The summed E-state index contributed by atoms with van der Waals surface area (Å²) >= 11 is 0. The Morgan fingerprint density at radius 2 is 1.78 bits per heavy atom. The molecule has 0 fully saturated rings. The van der Waals surface area contributed by atoms with Gasteiger partial charge in [0.25, 0.3) is 0 Å². The fraction of sp³-hybridized carbons (Fsp3) is 0.350. The van der Waals surface area contributed by atoms with E-state index in [0.717, 1.165) is 41.8 Å². The molecule has 0 aliphatic carbocycles. The van der Waals surface area contributed by atoms with Crippen LogP contribution in [0.4, 0.5) is 0 Å². The molecule has 0 bridgehead atoms. The minimum absolute atomic E-state index is 0.518. The van der Waals surface area contributed by atoms with E-state index in [9.17, 15) is 5.26 Å². The van der Waals surface area contributed by atoms with E-state index in [1.54, 1.807) is 0 Å². The fourth-order valence-electron chi connectivity index (χ4n) is 3.41. The molecule has 2 aromatic carbocycles. The summed E-state index contributed by atoms with van der Waals surface area (Å²) in [5.41, 5.74) is 2.55. The molecule has 23 heavy (non-hydrogen) atoms. The molecule has 0 saturated carbocycles. The van der Waals surface area contributed by atoms with Crippen LogP contribution in [0.25, 0.3) is 0 Å². The van der Waals surface area contributed by atoms with Gasteiger partial charge < -0.3 is 9.64 Å². The van der Waals surface area contributed by atoms with Crippen LogP contribution < -0.4 is 4.74 Å². The van der Waals surface area contributed by atoms with Crippen molar-refractivity contribution in [3.05, 3.63) is 65.2 Å². The zero-order valence-electron chi connectivity index (χ0n) is 13.7. The van der Waals surface area contributed by atoms with Crippen molar-refractivity contribution in [2.45, 2.75) is 24.9 Å². The molecule has 1 aliphatic heterocycles. The van der Waals surface area contributed by atoms with Crippen molar-refractivity contribution in [1.29, 1.82) is 5.26 Å².